The quantitative estimate of drug-likeness (QED) is 0.326. The summed E-state index contributed by atoms with van der Waals surface area (Å²) in [6.45, 7) is 3.21. The van der Waals surface area contributed by atoms with Gasteiger partial charge in [-0.1, -0.05) is 6.07 Å². The highest BCUT2D eigenvalue weighted by Crippen LogP contribution is 2.31. The molecule has 0 saturated heterocycles. The normalized spacial score (nSPS) is 11.0. The highest BCUT2D eigenvalue weighted by atomic mass is 16.5. The Morgan fingerprint density at radius 2 is 1.97 bits per heavy atom. The van der Waals surface area contributed by atoms with Crippen LogP contribution in [0.5, 0.6) is 5.88 Å². The van der Waals surface area contributed by atoms with Crippen LogP contribution in [0.1, 0.15) is 17.0 Å². The molecule has 5 heterocycles. The van der Waals surface area contributed by atoms with Gasteiger partial charge in [0.1, 0.15) is 28.5 Å². The second-order valence-electron chi connectivity index (χ2n) is 7.70. The third-order valence-electron chi connectivity index (χ3n) is 5.24. The molecule has 170 valence electrons. The standard InChI is InChI=1S/C24H23N9O/c1-15-31-21(22-24(32-15)30-14-29-22)19-8-17(11-26-10-16-4-3-7-25-9-16)12-28-23(19)33-18-5-6-20(34-2)27-13-18/h3-9,12-14,26H,10-11H2,1-2H3,(H,28,33)(H,29,30,31,32)/p+1. The lowest BCUT2D eigenvalue weighted by molar-refractivity contribution is -0.392. The van der Waals surface area contributed by atoms with Crippen molar-refractivity contribution in [3.8, 4) is 17.1 Å². The van der Waals surface area contributed by atoms with Gasteiger partial charge in [-0.2, -0.15) is 4.98 Å². The van der Waals surface area contributed by atoms with E-state index in [-0.39, 0.29) is 0 Å². The van der Waals surface area contributed by atoms with E-state index >= 15 is 0 Å². The average molecular weight is 455 g/mol. The van der Waals surface area contributed by atoms with Crippen molar-refractivity contribution in [2.24, 2.45) is 0 Å². The molecule has 0 aliphatic carbocycles. The third-order valence-corrected chi connectivity index (χ3v) is 5.24. The fourth-order valence-electron chi connectivity index (χ4n) is 3.63. The van der Waals surface area contributed by atoms with Gasteiger partial charge in [0.15, 0.2) is 11.8 Å². The van der Waals surface area contributed by atoms with Crippen LogP contribution >= 0.6 is 0 Å². The number of hydrogen-bond donors (Lipinski definition) is 3. The first-order valence-electron chi connectivity index (χ1n) is 10.8. The fraction of sp³-hybridized carbons (Fsp3) is 0.167. The molecular formula is C24H24N9O+. The number of hydrogen-bond acceptors (Lipinski definition) is 8. The summed E-state index contributed by atoms with van der Waals surface area (Å²) in [5.74, 6) is 1.97. The van der Waals surface area contributed by atoms with Crippen molar-refractivity contribution in [3.63, 3.8) is 0 Å². The monoisotopic (exact) mass is 454 g/mol. The maximum Gasteiger partial charge on any atom is 0.365 e. The fourth-order valence-corrected chi connectivity index (χ4v) is 3.63. The molecule has 0 bridgehead atoms. The molecule has 0 unspecified atom stereocenters. The number of aromatic amines is 2. The van der Waals surface area contributed by atoms with E-state index in [9.17, 15) is 0 Å². The van der Waals surface area contributed by atoms with Crippen LogP contribution in [0.25, 0.3) is 22.4 Å². The molecule has 0 aliphatic heterocycles. The molecule has 0 aliphatic rings. The predicted octanol–water partition coefficient (Wildman–Crippen LogP) is 2.97. The van der Waals surface area contributed by atoms with Crippen molar-refractivity contribution >= 4 is 22.7 Å². The van der Waals surface area contributed by atoms with Crippen molar-refractivity contribution in [3.05, 3.63) is 78.4 Å². The number of H-pyrrole nitrogens is 2. The SMILES string of the molecule is COc1ccc(Nc2ncc(CNCc3cccnc3)cc2-c2nc(C)nc3nc[nH]c23)c[nH+]1. The summed E-state index contributed by atoms with van der Waals surface area (Å²) in [6.07, 6.45) is 8.93. The number of ether oxygens (including phenoxy) is 1. The number of fused-ring (bicyclic) bond motifs is 1. The van der Waals surface area contributed by atoms with Gasteiger partial charge in [0, 0.05) is 37.2 Å². The van der Waals surface area contributed by atoms with Gasteiger partial charge in [-0.3, -0.25) is 4.98 Å². The summed E-state index contributed by atoms with van der Waals surface area (Å²) in [4.78, 5) is 28.6. The average Bonchev–Trinajstić information content (AvgIpc) is 3.34. The minimum atomic E-state index is 0.617. The van der Waals surface area contributed by atoms with Crippen molar-refractivity contribution in [1.29, 1.82) is 0 Å². The van der Waals surface area contributed by atoms with Crippen LogP contribution in [0.2, 0.25) is 0 Å². The summed E-state index contributed by atoms with van der Waals surface area (Å²) in [7, 11) is 1.62. The van der Waals surface area contributed by atoms with Gasteiger partial charge in [0.25, 0.3) is 0 Å². The molecule has 5 aromatic rings. The molecule has 0 spiro atoms. The second-order valence-corrected chi connectivity index (χ2v) is 7.70. The predicted molar refractivity (Wildman–Crippen MR) is 127 cm³/mol. The first kappa shape index (κ1) is 21.4. The zero-order chi connectivity index (χ0) is 23.3. The Morgan fingerprint density at radius 3 is 2.76 bits per heavy atom. The molecule has 0 amide bonds. The number of methoxy groups -OCH3 is 1. The van der Waals surface area contributed by atoms with E-state index in [2.05, 4.69) is 41.6 Å². The first-order chi connectivity index (χ1) is 16.7. The van der Waals surface area contributed by atoms with Gasteiger partial charge in [-0.25, -0.2) is 19.9 Å². The smallest absolute Gasteiger partial charge is 0.365 e. The van der Waals surface area contributed by atoms with Crippen LogP contribution < -0.4 is 20.4 Å². The molecule has 5 aromatic heterocycles. The molecule has 34 heavy (non-hydrogen) atoms. The summed E-state index contributed by atoms with van der Waals surface area (Å²) in [5, 5.41) is 6.84. The zero-order valence-corrected chi connectivity index (χ0v) is 18.8. The lowest BCUT2D eigenvalue weighted by Crippen LogP contribution is -2.13. The number of nitrogens with zero attached hydrogens (tertiary/aromatic N) is 5. The zero-order valence-electron chi connectivity index (χ0n) is 18.8. The Labute approximate surface area is 195 Å². The Kier molecular flexibility index (Phi) is 6.04. The topological polar surface area (TPSA) is 128 Å². The maximum atomic E-state index is 5.21. The number of anilines is 2. The van der Waals surface area contributed by atoms with Gasteiger partial charge in [0.05, 0.1) is 19.5 Å². The van der Waals surface area contributed by atoms with Crippen LogP contribution in [-0.2, 0) is 13.1 Å². The number of nitrogens with one attached hydrogen (secondary N) is 4. The van der Waals surface area contributed by atoms with Gasteiger partial charge in [-0.05, 0) is 36.2 Å². The number of aromatic nitrogens is 7. The van der Waals surface area contributed by atoms with E-state index in [0.717, 1.165) is 33.6 Å². The Bertz CT molecular complexity index is 1400. The number of rotatable bonds is 8. The summed E-state index contributed by atoms with van der Waals surface area (Å²) in [6, 6.07) is 9.82. The van der Waals surface area contributed by atoms with E-state index < -0.39 is 0 Å². The minimum absolute atomic E-state index is 0.617. The molecular weight excluding hydrogens is 430 g/mol. The summed E-state index contributed by atoms with van der Waals surface area (Å²) in [5.41, 5.74) is 5.94. The maximum absolute atomic E-state index is 5.21. The minimum Gasteiger partial charge on any atom is -0.448 e. The molecule has 0 atom stereocenters. The van der Waals surface area contributed by atoms with Crippen LogP contribution in [0, 0.1) is 6.92 Å². The lowest BCUT2D eigenvalue weighted by Gasteiger charge is -2.13. The molecule has 0 aromatic carbocycles. The lowest BCUT2D eigenvalue weighted by atomic mass is 10.1. The molecule has 10 heteroatoms. The largest absolute Gasteiger partial charge is 0.448 e. The third kappa shape index (κ3) is 4.66. The Balaban J connectivity index is 1.49. The van der Waals surface area contributed by atoms with Crippen molar-refractivity contribution in [2.45, 2.75) is 20.0 Å². The van der Waals surface area contributed by atoms with Gasteiger partial charge < -0.3 is 20.4 Å². The second kappa shape index (κ2) is 9.59. The number of imidazole rings is 1. The van der Waals surface area contributed by atoms with Gasteiger partial charge >= 0.3 is 5.88 Å². The van der Waals surface area contributed by atoms with Crippen LogP contribution in [0.15, 0.2) is 61.4 Å². The van der Waals surface area contributed by atoms with E-state index in [0.29, 0.717) is 36.3 Å². The van der Waals surface area contributed by atoms with E-state index in [4.69, 9.17) is 14.7 Å². The number of pyridine rings is 3. The van der Waals surface area contributed by atoms with Crippen molar-refractivity contribution in [1.82, 2.24) is 35.2 Å². The van der Waals surface area contributed by atoms with Crippen LogP contribution in [0.4, 0.5) is 11.5 Å². The van der Waals surface area contributed by atoms with Crippen molar-refractivity contribution < 1.29 is 9.72 Å². The highest BCUT2D eigenvalue weighted by Gasteiger charge is 2.17. The molecule has 0 fully saturated rings. The highest BCUT2D eigenvalue weighted by molar-refractivity contribution is 5.91. The summed E-state index contributed by atoms with van der Waals surface area (Å²) < 4.78 is 5.21. The molecule has 0 radical (unpaired) electrons. The van der Waals surface area contributed by atoms with E-state index in [1.54, 1.807) is 19.6 Å². The van der Waals surface area contributed by atoms with Gasteiger partial charge in [0.2, 0.25) is 0 Å². The Hall–Kier alpha value is -4.44. The molecule has 0 saturated carbocycles. The molecule has 5 rings (SSSR count). The summed E-state index contributed by atoms with van der Waals surface area (Å²) >= 11 is 0. The van der Waals surface area contributed by atoms with E-state index in [1.165, 1.54) is 0 Å². The van der Waals surface area contributed by atoms with E-state index in [1.807, 2.05) is 49.8 Å². The number of aryl methyl sites for hydroxylation is 1. The van der Waals surface area contributed by atoms with Crippen LogP contribution in [-0.4, -0.2) is 37.0 Å². The van der Waals surface area contributed by atoms with Crippen LogP contribution in [0.3, 0.4) is 0 Å². The first-order valence-corrected chi connectivity index (χ1v) is 10.8. The molecule has 4 N–H and O–H groups in total. The van der Waals surface area contributed by atoms with Gasteiger partial charge in [-0.15, -0.1) is 0 Å². The van der Waals surface area contributed by atoms with Crippen molar-refractivity contribution in [2.75, 3.05) is 12.4 Å². The Morgan fingerprint density at radius 1 is 1.06 bits per heavy atom. The molecule has 10 nitrogen and oxygen atoms in total.